The van der Waals surface area contributed by atoms with Gasteiger partial charge in [0.2, 0.25) is 0 Å². The van der Waals surface area contributed by atoms with Crippen LogP contribution in [0.3, 0.4) is 0 Å². The van der Waals surface area contributed by atoms with Crippen molar-refractivity contribution in [2.45, 2.75) is 31.6 Å². The van der Waals surface area contributed by atoms with Gasteiger partial charge < -0.3 is 10.5 Å². The molecule has 13 heavy (non-hydrogen) atoms. The highest BCUT2D eigenvalue weighted by molar-refractivity contribution is 8.14. The first-order valence-corrected chi connectivity index (χ1v) is 4.88. The van der Waals surface area contributed by atoms with Crippen molar-refractivity contribution in [1.82, 2.24) is 0 Å². The smallest absolute Gasteiger partial charge is 0.323 e. The lowest BCUT2D eigenvalue weighted by Crippen LogP contribution is -2.33. The fourth-order valence-corrected chi connectivity index (χ4v) is 1.53. The SMILES string of the molecule is COC(=O)C(N)CC(=O)SC(C)C. The van der Waals surface area contributed by atoms with Crippen molar-refractivity contribution in [3.05, 3.63) is 0 Å². The van der Waals surface area contributed by atoms with Crippen LogP contribution in [0, 0.1) is 0 Å². The summed E-state index contributed by atoms with van der Waals surface area (Å²) in [5.41, 5.74) is 5.40. The van der Waals surface area contributed by atoms with Crippen LogP contribution >= 0.6 is 11.8 Å². The molecule has 0 aromatic rings. The summed E-state index contributed by atoms with van der Waals surface area (Å²) in [5.74, 6) is -0.544. The number of nitrogens with two attached hydrogens (primary N) is 1. The molecule has 0 aromatic heterocycles. The molecule has 2 N–H and O–H groups in total. The van der Waals surface area contributed by atoms with Gasteiger partial charge >= 0.3 is 5.97 Å². The number of rotatable bonds is 4. The predicted molar refractivity (Wildman–Crippen MR) is 52.3 cm³/mol. The average Bonchev–Trinajstić information content (AvgIpc) is 2.01. The van der Waals surface area contributed by atoms with Gasteiger partial charge in [0.05, 0.1) is 7.11 Å². The van der Waals surface area contributed by atoms with Gasteiger partial charge in [-0.3, -0.25) is 9.59 Å². The van der Waals surface area contributed by atoms with Crippen LogP contribution in [0.2, 0.25) is 0 Å². The van der Waals surface area contributed by atoms with Crippen molar-refractivity contribution in [2.75, 3.05) is 7.11 Å². The van der Waals surface area contributed by atoms with Crippen molar-refractivity contribution in [1.29, 1.82) is 0 Å². The van der Waals surface area contributed by atoms with Gasteiger partial charge in [-0.25, -0.2) is 0 Å². The Hall–Kier alpha value is -0.550. The molecule has 0 aromatic carbocycles. The van der Waals surface area contributed by atoms with Gasteiger partial charge in [0.15, 0.2) is 5.12 Å². The van der Waals surface area contributed by atoms with E-state index in [4.69, 9.17) is 5.73 Å². The summed E-state index contributed by atoms with van der Waals surface area (Å²) in [7, 11) is 1.25. The average molecular weight is 205 g/mol. The predicted octanol–water partition coefficient (Wildman–Crippen LogP) is 0.545. The van der Waals surface area contributed by atoms with Crippen LogP contribution in [0.4, 0.5) is 0 Å². The van der Waals surface area contributed by atoms with E-state index in [0.29, 0.717) is 0 Å². The van der Waals surface area contributed by atoms with Crippen LogP contribution in [-0.2, 0) is 14.3 Å². The normalized spacial score (nSPS) is 12.7. The summed E-state index contributed by atoms with van der Waals surface area (Å²) >= 11 is 1.18. The lowest BCUT2D eigenvalue weighted by molar-refractivity contribution is -0.143. The van der Waals surface area contributed by atoms with Gasteiger partial charge in [-0.05, 0) is 0 Å². The number of hydrogen-bond acceptors (Lipinski definition) is 5. The maximum atomic E-state index is 11.2. The van der Waals surface area contributed by atoms with Crippen molar-refractivity contribution < 1.29 is 14.3 Å². The number of esters is 1. The zero-order chi connectivity index (χ0) is 10.4. The molecule has 5 heteroatoms. The number of carbonyl (C=O) groups is 2. The molecule has 0 radical (unpaired) electrons. The van der Waals surface area contributed by atoms with Crippen LogP contribution in [0.25, 0.3) is 0 Å². The summed E-state index contributed by atoms with van der Waals surface area (Å²) in [6, 6.07) is -0.830. The Morgan fingerprint density at radius 1 is 1.46 bits per heavy atom. The van der Waals surface area contributed by atoms with E-state index in [-0.39, 0.29) is 16.8 Å². The number of hydrogen-bond donors (Lipinski definition) is 1. The molecule has 76 valence electrons. The quantitative estimate of drug-likeness (QED) is 0.678. The second kappa shape index (κ2) is 5.99. The molecule has 1 atom stereocenters. The maximum Gasteiger partial charge on any atom is 0.323 e. The molecule has 0 aliphatic rings. The summed E-state index contributed by atoms with van der Waals surface area (Å²) in [5, 5.41) is 0.144. The molecular weight excluding hydrogens is 190 g/mol. The van der Waals surface area contributed by atoms with Gasteiger partial charge in [-0.15, -0.1) is 0 Å². The summed E-state index contributed by atoms with van der Waals surface area (Å²) in [4.78, 5) is 22.0. The van der Waals surface area contributed by atoms with Crippen LogP contribution in [-0.4, -0.2) is 29.5 Å². The molecule has 0 spiro atoms. The van der Waals surface area contributed by atoms with Crippen LogP contribution < -0.4 is 5.73 Å². The highest BCUT2D eigenvalue weighted by Crippen LogP contribution is 2.13. The maximum absolute atomic E-state index is 11.2. The van der Waals surface area contributed by atoms with E-state index < -0.39 is 12.0 Å². The number of carbonyl (C=O) groups excluding carboxylic acids is 2. The standard InChI is InChI=1S/C8H15NO3S/c1-5(2)13-7(10)4-6(9)8(11)12-3/h5-6H,4,9H2,1-3H3. The van der Waals surface area contributed by atoms with Crippen molar-refractivity contribution >= 4 is 22.8 Å². The van der Waals surface area contributed by atoms with E-state index in [9.17, 15) is 9.59 Å². The number of ether oxygens (including phenoxy) is 1. The van der Waals surface area contributed by atoms with Gasteiger partial charge in [-0.1, -0.05) is 25.6 Å². The first-order valence-electron chi connectivity index (χ1n) is 4.00. The third kappa shape index (κ3) is 5.65. The Balaban J connectivity index is 3.85. The summed E-state index contributed by atoms with van der Waals surface area (Å²) in [6.07, 6.45) is 0.0372. The minimum absolute atomic E-state index is 0.0372. The van der Waals surface area contributed by atoms with Gasteiger partial charge in [0, 0.05) is 11.7 Å². The molecule has 0 aliphatic carbocycles. The largest absolute Gasteiger partial charge is 0.468 e. The fourth-order valence-electron chi connectivity index (χ4n) is 0.725. The molecule has 0 rings (SSSR count). The van der Waals surface area contributed by atoms with Crippen molar-refractivity contribution in [3.8, 4) is 0 Å². The molecular formula is C8H15NO3S. The monoisotopic (exact) mass is 205 g/mol. The van der Waals surface area contributed by atoms with Crippen molar-refractivity contribution in [3.63, 3.8) is 0 Å². The van der Waals surface area contributed by atoms with Crippen LogP contribution in [0.1, 0.15) is 20.3 Å². The summed E-state index contributed by atoms with van der Waals surface area (Å²) < 4.78 is 4.39. The summed E-state index contributed by atoms with van der Waals surface area (Å²) in [6.45, 7) is 3.82. The topological polar surface area (TPSA) is 69.4 Å². The Labute approximate surface area is 82.2 Å². The van der Waals surface area contributed by atoms with E-state index in [1.165, 1.54) is 18.9 Å². The Bertz CT molecular complexity index is 194. The molecule has 0 fully saturated rings. The van der Waals surface area contributed by atoms with E-state index in [2.05, 4.69) is 4.74 Å². The second-order valence-corrected chi connectivity index (χ2v) is 4.51. The zero-order valence-electron chi connectivity index (χ0n) is 8.07. The minimum Gasteiger partial charge on any atom is -0.468 e. The first-order chi connectivity index (χ1) is 5.97. The van der Waals surface area contributed by atoms with Gasteiger partial charge in [0.1, 0.15) is 6.04 Å². The lowest BCUT2D eigenvalue weighted by Gasteiger charge is -2.08. The molecule has 0 saturated carbocycles. The number of methoxy groups -OCH3 is 1. The van der Waals surface area contributed by atoms with Gasteiger partial charge in [0.25, 0.3) is 0 Å². The second-order valence-electron chi connectivity index (χ2n) is 2.87. The van der Waals surface area contributed by atoms with Gasteiger partial charge in [-0.2, -0.15) is 0 Å². The molecule has 0 amide bonds. The van der Waals surface area contributed by atoms with E-state index >= 15 is 0 Å². The number of thioether (sulfide) groups is 1. The lowest BCUT2D eigenvalue weighted by atomic mass is 10.2. The minimum atomic E-state index is -0.830. The third-order valence-electron chi connectivity index (χ3n) is 1.26. The molecule has 0 heterocycles. The Morgan fingerprint density at radius 3 is 2.38 bits per heavy atom. The highest BCUT2D eigenvalue weighted by Gasteiger charge is 2.18. The van der Waals surface area contributed by atoms with Crippen LogP contribution in [0.5, 0.6) is 0 Å². The zero-order valence-corrected chi connectivity index (χ0v) is 8.89. The molecule has 0 aliphatic heterocycles. The Morgan fingerprint density at radius 2 is 2.00 bits per heavy atom. The van der Waals surface area contributed by atoms with E-state index in [1.807, 2.05) is 13.8 Å². The highest BCUT2D eigenvalue weighted by atomic mass is 32.2. The third-order valence-corrected chi connectivity index (χ3v) is 2.16. The fraction of sp³-hybridized carbons (Fsp3) is 0.750. The molecule has 4 nitrogen and oxygen atoms in total. The Kier molecular flexibility index (Phi) is 5.73. The van der Waals surface area contributed by atoms with Crippen LogP contribution in [0.15, 0.2) is 0 Å². The molecule has 0 bridgehead atoms. The van der Waals surface area contributed by atoms with Crippen molar-refractivity contribution in [2.24, 2.45) is 5.73 Å². The molecule has 1 unspecified atom stereocenters. The first kappa shape index (κ1) is 12.4. The molecule has 0 saturated heterocycles. The van der Waals surface area contributed by atoms with E-state index in [0.717, 1.165) is 0 Å². The van der Waals surface area contributed by atoms with E-state index in [1.54, 1.807) is 0 Å².